The van der Waals surface area contributed by atoms with Gasteiger partial charge in [0, 0.05) is 29.9 Å². The number of amides is 1. The number of carbonyl (C=O) groups excluding carboxylic acids is 1. The molecule has 1 heterocycles. The van der Waals surface area contributed by atoms with Crippen LogP contribution in [0.25, 0.3) is 10.8 Å². The van der Waals surface area contributed by atoms with Crippen molar-refractivity contribution in [3.63, 3.8) is 0 Å². The molecule has 4 rings (SSSR count). The van der Waals surface area contributed by atoms with Crippen LogP contribution in [0.3, 0.4) is 0 Å². The molecule has 0 saturated heterocycles. The minimum atomic E-state index is -3.60. The summed E-state index contributed by atoms with van der Waals surface area (Å²) in [7, 11) is -3.60. The molecule has 0 saturated carbocycles. The lowest BCUT2D eigenvalue weighted by atomic mass is 10.1. The largest absolute Gasteiger partial charge is 0.348 e. The molecule has 5 nitrogen and oxygen atoms in total. The Morgan fingerprint density at radius 3 is 2.45 bits per heavy atom. The number of aromatic nitrogens is 1. The highest BCUT2D eigenvalue weighted by molar-refractivity contribution is 7.91. The van der Waals surface area contributed by atoms with E-state index in [-0.39, 0.29) is 10.8 Å². The van der Waals surface area contributed by atoms with Crippen LogP contribution in [0.1, 0.15) is 27.0 Å². The Balaban J connectivity index is 1.48. The van der Waals surface area contributed by atoms with E-state index in [0.717, 1.165) is 21.9 Å². The maximum Gasteiger partial charge on any atom is 0.251 e. The van der Waals surface area contributed by atoms with Gasteiger partial charge in [-0.3, -0.25) is 9.78 Å². The number of sulfone groups is 1. The maximum atomic E-state index is 13.0. The van der Waals surface area contributed by atoms with Gasteiger partial charge in [-0.1, -0.05) is 30.3 Å². The molecule has 0 aliphatic rings. The third-order valence-electron chi connectivity index (χ3n) is 5.22. The first kappa shape index (κ1) is 20.8. The quantitative estimate of drug-likeness (QED) is 0.501. The van der Waals surface area contributed by atoms with Crippen LogP contribution in [0.15, 0.2) is 88.9 Å². The number of nitrogens with one attached hydrogen (secondary N) is 1. The second-order valence-corrected chi connectivity index (χ2v) is 9.45. The predicted molar refractivity (Wildman–Crippen MR) is 121 cm³/mol. The molecule has 1 aromatic heterocycles. The number of pyridine rings is 1. The Kier molecular flexibility index (Phi) is 5.57. The number of fused-ring (bicyclic) bond motifs is 1. The van der Waals surface area contributed by atoms with Crippen LogP contribution in [-0.4, -0.2) is 19.3 Å². The Morgan fingerprint density at radius 1 is 0.903 bits per heavy atom. The van der Waals surface area contributed by atoms with Gasteiger partial charge >= 0.3 is 0 Å². The second-order valence-electron chi connectivity index (χ2n) is 7.54. The molecule has 156 valence electrons. The van der Waals surface area contributed by atoms with Crippen molar-refractivity contribution in [3.05, 3.63) is 101 Å². The van der Waals surface area contributed by atoms with Crippen molar-refractivity contribution in [2.75, 3.05) is 0 Å². The molecule has 0 unspecified atom stereocenters. The van der Waals surface area contributed by atoms with E-state index in [9.17, 15) is 13.2 Å². The smallest absolute Gasteiger partial charge is 0.251 e. The van der Waals surface area contributed by atoms with Gasteiger partial charge in [-0.25, -0.2) is 8.42 Å². The fourth-order valence-electron chi connectivity index (χ4n) is 3.42. The Hall–Kier alpha value is -3.51. The van der Waals surface area contributed by atoms with Crippen molar-refractivity contribution in [3.8, 4) is 0 Å². The van der Waals surface area contributed by atoms with Gasteiger partial charge in [0.2, 0.25) is 9.84 Å². The van der Waals surface area contributed by atoms with Crippen LogP contribution in [0.4, 0.5) is 0 Å². The van der Waals surface area contributed by atoms with Crippen LogP contribution < -0.4 is 5.32 Å². The first-order chi connectivity index (χ1) is 14.8. The van der Waals surface area contributed by atoms with Crippen molar-refractivity contribution in [2.45, 2.75) is 30.2 Å². The Labute approximate surface area is 181 Å². The van der Waals surface area contributed by atoms with Crippen LogP contribution in [0, 0.1) is 13.8 Å². The molecule has 0 spiro atoms. The summed E-state index contributed by atoms with van der Waals surface area (Å²) in [5.74, 6) is -0.196. The van der Waals surface area contributed by atoms with Crippen molar-refractivity contribution in [1.82, 2.24) is 10.3 Å². The zero-order valence-electron chi connectivity index (χ0n) is 17.3. The molecule has 0 radical (unpaired) electrons. The fraction of sp³-hybridized carbons (Fsp3) is 0.120. The average Bonchev–Trinajstić information content (AvgIpc) is 2.79. The van der Waals surface area contributed by atoms with E-state index in [1.54, 1.807) is 61.8 Å². The first-order valence-electron chi connectivity index (χ1n) is 9.88. The summed E-state index contributed by atoms with van der Waals surface area (Å²) in [6.07, 6.45) is 3.44. The van der Waals surface area contributed by atoms with E-state index in [1.807, 2.05) is 31.2 Å². The maximum absolute atomic E-state index is 13.0. The summed E-state index contributed by atoms with van der Waals surface area (Å²) < 4.78 is 26.0. The lowest BCUT2D eigenvalue weighted by Crippen LogP contribution is -2.22. The number of hydrogen-bond donors (Lipinski definition) is 1. The van der Waals surface area contributed by atoms with Crippen LogP contribution in [0.2, 0.25) is 0 Å². The molecule has 0 aliphatic carbocycles. The number of carbonyl (C=O) groups is 1. The highest BCUT2D eigenvalue weighted by atomic mass is 32.2. The van der Waals surface area contributed by atoms with Gasteiger partial charge in [0.05, 0.1) is 9.79 Å². The zero-order chi connectivity index (χ0) is 22.0. The van der Waals surface area contributed by atoms with E-state index in [0.29, 0.717) is 22.6 Å². The summed E-state index contributed by atoms with van der Waals surface area (Å²) in [6, 6.07) is 19.4. The molecule has 0 aliphatic heterocycles. The van der Waals surface area contributed by atoms with Crippen molar-refractivity contribution < 1.29 is 13.2 Å². The number of rotatable bonds is 5. The number of benzene rings is 3. The topological polar surface area (TPSA) is 76.1 Å². The van der Waals surface area contributed by atoms with Crippen molar-refractivity contribution in [2.24, 2.45) is 0 Å². The van der Waals surface area contributed by atoms with E-state index < -0.39 is 9.84 Å². The number of nitrogens with zero attached hydrogens (tertiary/aromatic N) is 1. The molecule has 4 aromatic rings. The Morgan fingerprint density at radius 2 is 1.68 bits per heavy atom. The molecule has 6 heteroatoms. The summed E-state index contributed by atoms with van der Waals surface area (Å²) in [6.45, 7) is 3.96. The summed E-state index contributed by atoms with van der Waals surface area (Å²) in [4.78, 5) is 17.2. The van der Waals surface area contributed by atoms with Gasteiger partial charge < -0.3 is 5.32 Å². The molecule has 1 N–H and O–H groups in total. The van der Waals surface area contributed by atoms with Crippen LogP contribution >= 0.6 is 0 Å². The normalized spacial score (nSPS) is 11.4. The van der Waals surface area contributed by atoms with E-state index in [1.165, 1.54) is 0 Å². The van der Waals surface area contributed by atoms with Gasteiger partial charge in [-0.05, 0) is 72.3 Å². The lowest BCUT2D eigenvalue weighted by Gasteiger charge is -2.10. The minimum Gasteiger partial charge on any atom is -0.348 e. The van der Waals surface area contributed by atoms with E-state index in [4.69, 9.17) is 0 Å². The number of hydrogen-bond acceptors (Lipinski definition) is 4. The van der Waals surface area contributed by atoms with E-state index >= 15 is 0 Å². The van der Waals surface area contributed by atoms with Gasteiger partial charge in [0.1, 0.15) is 0 Å². The van der Waals surface area contributed by atoms with Crippen LogP contribution in [-0.2, 0) is 16.4 Å². The highest BCUT2D eigenvalue weighted by Crippen LogP contribution is 2.25. The third kappa shape index (κ3) is 4.34. The van der Waals surface area contributed by atoms with Gasteiger partial charge in [0.15, 0.2) is 0 Å². The predicted octanol–water partition coefficient (Wildman–Crippen LogP) is 4.61. The molecule has 3 aromatic carbocycles. The van der Waals surface area contributed by atoms with Crippen molar-refractivity contribution in [1.29, 1.82) is 0 Å². The van der Waals surface area contributed by atoms with Gasteiger partial charge in [-0.15, -0.1) is 0 Å². The summed E-state index contributed by atoms with van der Waals surface area (Å²) >= 11 is 0. The van der Waals surface area contributed by atoms with Crippen LogP contribution in [0.5, 0.6) is 0 Å². The lowest BCUT2D eigenvalue weighted by molar-refractivity contribution is 0.0951. The minimum absolute atomic E-state index is 0.196. The fourth-order valence-corrected chi connectivity index (χ4v) is 5.00. The molecule has 0 bridgehead atoms. The molecule has 31 heavy (non-hydrogen) atoms. The molecule has 0 atom stereocenters. The monoisotopic (exact) mass is 430 g/mol. The van der Waals surface area contributed by atoms with E-state index in [2.05, 4.69) is 10.3 Å². The van der Waals surface area contributed by atoms with Crippen molar-refractivity contribution >= 4 is 26.5 Å². The third-order valence-corrected chi connectivity index (χ3v) is 7.13. The average molecular weight is 431 g/mol. The zero-order valence-corrected chi connectivity index (χ0v) is 18.1. The summed E-state index contributed by atoms with van der Waals surface area (Å²) in [5.41, 5.74) is 2.98. The standard InChI is InChI=1S/C25H22N2O3S/c1-17-3-4-18(2)24(13-17)31(29,30)23-9-5-19(6-10-23)15-27-25(28)21-8-7-20-11-12-26-16-22(20)14-21/h3-14,16H,15H2,1-2H3,(H,27,28). The van der Waals surface area contributed by atoms with Gasteiger partial charge in [-0.2, -0.15) is 0 Å². The number of aryl methyl sites for hydroxylation is 2. The second kappa shape index (κ2) is 8.32. The molecular formula is C25H22N2O3S. The first-order valence-corrected chi connectivity index (χ1v) is 11.4. The van der Waals surface area contributed by atoms with Gasteiger partial charge in [0.25, 0.3) is 5.91 Å². The SMILES string of the molecule is Cc1ccc(C)c(S(=O)(=O)c2ccc(CNC(=O)c3ccc4ccncc4c3)cc2)c1. The Bertz CT molecular complexity index is 1380. The molecule has 0 fully saturated rings. The molecular weight excluding hydrogens is 408 g/mol. The summed E-state index contributed by atoms with van der Waals surface area (Å²) in [5, 5.41) is 4.80. The highest BCUT2D eigenvalue weighted by Gasteiger charge is 2.20. The molecule has 1 amide bonds.